The van der Waals surface area contributed by atoms with Crippen molar-refractivity contribution in [3.8, 4) is 0 Å². The van der Waals surface area contributed by atoms with Crippen LogP contribution in [-0.2, 0) is 16.3 Å². The van der Waals surface area contributed by atoms with Crippen LogP contribution in [0, 0.1) is 0 Å². The Morgan fingerprint density at radius 3 is 2.60 bits per heavy atom. The third kappa shape index (κ3) is 4.68. The minimum atomic E-state index is -2.96. The van der Waals surface area contributed by atoms with Crippen molar-refractivity contribution in [3.63, 3.8) is 0 Å². The van der Waals surface area contributed by atoms with Gasteiger partial charge in [-0.3, -0.25) is 0 Å². The lowest BCUT2D eigenvalue weighted by atomic mass is 10.1. The van der Waals surface area contributed by atoms with E-state index in [1.54, 1.807) is 12.1 Å². The fourth-order valence-electron chi connectivity index (χ4n) is 2.12. The van der Waals surface area contributed by atoms with Crippen molar-refractivity contribution in [2.24, 2.45) is 0 Å². The van der Waals surface area contributed by atoms with Gasteiger partial charge in [-0.25, -0.2) is 13.2 Å². The van der Waals surface area contributed by atoms with E-state index in [9.17, 15) is 13.2 Å². The predicted octanol–water partition coefficient (Wildman–Crippen LogP) is 1.37. The molecule has 1 fully saturated rings. The molecule has 7 heteroatoms. The zero-order valence-corrected chi connectivity index (χ0v) is 12.5. The topological polar surface area (TPSA) is 75.3 Å². The van der Waals surface area contributed by atoms with Crippen molar-refractivity contribution >= 4 is 27.5 Å². The molecule has 2 N–H and O–H groups in total. The highest BCUT2D eigenvalue weighted by Gasteiger charge is 2.28. The smallest absolute Gasteiger partial charge is 0.315 e. The van der Waals surface area contributed by atoms with Crippen LogP contribution in [0.25, 0.3) is 0 Å². The molecule has 0 bridgehead atoms. The Kier molecular flexibility index (Phi) is 4.88. The predicted molar refractivity (Wildman–Crippen MR) is 78.7 cm³/mol. The van der Waals surface area contributed by atoms with Crippen LogP contribution in [0.15, 0.2) is 24.3 Å². The number of hydrogen-bond donors (Lipinski definition) is 2. The lowest BCUT2D eigenvalue weighted by Gasteiger charge is -2.12. The van der Waals surface area contributed by atoms with Crippen LogP contribution in [0.5, 0.6) is 0 Å². The van der Waals surface area contributed by atoms with E-state index >= 15 is 0 Å². The first-order valence-corrected chi connectivity index (χ1v) is 8.64. The summed E-state index contributed by atoms with van der Waals surface area (Å²) in [5.41, 5.74) is 1.08. The molecule has 2 amide bonds. The Morgan fingerprint density at radius 1 is 1.30 bits per heavy atom. The van der Waals surface area contributed by atoms with Gasteiger partial charge in [-0.1, -0.05) is 23.7 Å². The minimum absolute atomic E-state index is 0.0393. The zero-order chi connectivity index (χ0) is 14.6. The Labute approximate surface area is 123 Å². The highest BCUT2D eigenvalue weighted by molar-refractivity contribution is 7.91. The molecular formula is C13H17ClN2O3S. The average molecular weight is 317 g/mol. The third-order valence-corrected chi connectivity index (χ3v) is 5.20. The molecule has 1 heterocycles. The Hall–Kier alpha value is -1.27. The minimum Gasteiger partial charge on any atom is -0.338 e. The van der Waals surface area contributed by atoms with Gasteiger partial charge in [0.2, 0.25) is 0 Å². The first-order valence-electron chi connectivity index (χ1n) is 6.44. The van der Waals surface area contributed by atoms with E-state index in [-0.39, 0.29) is 23.6 Å². The molecule has 1 aromatic carbocycles. The maximum Gasteiger partial charge on any atom is 0.315 e. The van der Waals surface area contributed by atoms with Crippen molar-refractivity contribution in [2.75, 3.05) is 18.1 Å². The van der Waals surface area contributed by atoms with Gasteiger partial charge >= 0.3 is 6.03 Å². The van der Waals surface area contributed by atoms with Gasteiger partial charge in [0, 0.05) is 17.6 Å². The number of sulfone groups is 1. The number of carbonyl (C=O) groups is 1. The molecule has 2 rings (SSSR count). The number of benzene rings is 1. The summed E-state index contributed by atoms with van der Waals surface area (Å²) in [6.45, 7) is 0.493. The van der Waals surface area contributed by atoms with Crippen LogP contribution in [0.4, 0.5) is 4.79 Å². The summed E-state index contributed by atoms with van der Waals surface area (Å²) in [4.78, 5) is 11.6. The summed E-state index contributed by atoms with van der Waals surface area (Å²) in [6.07, 6.45) is 1.19. The number of amides is 2. The molecule has 0 aliphatic carbocycles. The van der Waals surface area contributed by atoms with E-state index in [1.165, 1.54) is 0 Å². The van der Waals surface area contributed by atoms with Crippen LogP contribution in [0.3, 0.4) is 0 Å². The standard InChI is InChI=1S/C13H17ClN2O3S/c14-11-3-1-10(2-4-11)5-7-15-13(17)16-12-6-8-20(18,19)9-12/h1-4,12H,5-9H2,(H2,15,16,17). The van der Waals surface area contributed by atoms with Crippen LogP contribution in [0.1, 0.15) is 12.0 Å². The molecule has 1 saturated heterocycles. The van der Waals surface area contributed by atoms with Crippen LogP contribution in [0.2, 0.25) is 5.02 Å². The van der Waals surface area contributed by atoms with Gasteiger partial charge < -0.3 is 10.6 Å². The maximum absolute atomic E-state index is 11.6. The number of nitrogens with one attached hydrogen (secondary N) is 2. The van der Waals surface area contributed by atoms with E-state index in [0.717, 1.165) is 5.56 Å². The van der Waals surface area contributed by atoms with Gasteiger partial charge in [0.05, 0.1) is 11.5 Å². The first kappa shape index (κ1) is 15.1. The summed E-state index contributed by atoms with van der Waals surface area (Å²) in [5.74, 6) is 0.195. The number of urea groups is 1. The van der Waals surface area contributed by atoms with Crippen LogP contribution in [-0.4, -0.2) is 38.5 Å². The summed E-state index contributed by atoms with van der Waals surface area (Å²) in [7, 11) is -2.96. The normalized spacial score (nSPS) is 20.6. The van der Waals surface area contributed by atoms with Crippen molar-refractivity contribution in [1.29, 1.82) is 0 Å². The first-order chi connectivity index (χ1) is 9.44. The van der Waals surface area contributed by atoms with Crippen molar-refractivity contribution in [3.05, 3.63) is 34.9 Å². The van der Waals surface area contributed by atoms with Gasteiger partial charge in [-0.05, 0) is 30.5 Å². The van der Waals surface area contributed by atoms with E-state index in [2.05, 4.69) is 10.6 Å². The molecule has 1 atom stereocenters. The second-order valence-electron chi connectivity index (χ2n) is 4.88. The van der Waals surface area contributed by atoms with Gasteiger partial charge in [0.1, 0.15) is 0 Å². The zero-order valence-electron chi connectivity index (χ0n) is 10.9. The van der Waals surface area contributed by atoms with Gasteiger partial charge in [0.25, 0.3) is 0 Å². The number of carbonyl (C=O) groups excluding carboxylic acids is 1. The van der Waals surface area contributed by atoms with Crippen LogP contribution < -0.4 is 10.6 Å². The van der Waals surface area contributed by atoms with Gasteiger partial charge in [-0.15, -0.1) is 0 Å². The van der Waals surface area contributed by atoms with Crippen molar-refractivity contribution in [1.82, 2.24) is 10.6 Å². The summed E-state index contributed by atoms with van der Waals surface area (Å²) in [5, 5.41) is 6.08. The highest BCUT2D eigenvalue weighted by atomic mass is 35.5. The fraction of sp³-hybridized carbons (Fsp3) is 0.462. The lowest BCUT2D eigenvalue weighted by molar-refractivity contribution is 0.238. The van der Waals surface area contributed by atoms with E-state index in [1.807, 2.05) is 12.1 Å². The third-order valence-electron chi connectivity index (χ3n) is 3.18. The molecule has 1 aliphatic heterocycles. The van der Waals surface area contributed by atoms with Crippen LogP contribution >= 0.6 is 11.6 Å². The largest absolute Gasteiger partial charge is 0.338 e. The molecule has 110 valence electrons. The average Bonchev–Trinajstić information content (AvgIpc) is 2.71. The van der Waals surface area contributed by atoms with E-state index in [0.29, 0.717) is 24.4 Å². The summed E-state index contributed by atoms with van der Waals surface area (Å²) in [6, 6.07) is 6.84. The van der Waals surface area contributed by atoms with Gasteiger partial charge in [0.15, 0.2) is 9.84 Å². The molecule has 1 aliphatic rings. The monoisotopic (exact) mass is 316 g/mol. The Bertz CT molecular complexity index is 572. The molecule has 0 spiro atoms. The number of rotatable bonds is 4. The van der Waals surface area contributed by atoms with E-state index < -0.39 is 9.84 Å². The molecule has 1 aromatic rings. The molecule has 0 saturated carbocycles. The van der Waals surface area contributed by atoms with Gasteiger partial charge in [-0.2, -0.15) is 0 Å². The quantitative estimate of drug-likeness (QED) is 0.881. The molecule has 5 nitrogen and oxygen atoms in total. The Morgan fingerprint density at radius 2 is 2.00 bits per heavy atom. The van der Waals surface area contributed by atoms with Crippen molar-refractivity contribution in [2.45, 2.75) is 18.9 Å². The maximum atomic E-state index is 11.6. The molecule has 1 unspecified atom stereocenters. The summed E-state index contributed by atoms with van der Waals surface area (Å²) < 4.78 is 22.5. The van der Waals surface area contributed by atoms with E-state index in [4.69, 9.17) is 11.6 Å². The molecule has 0 radical (unpaired) electrons. The SMILES string of the molecule is O=C(NCCc1ccc(Cl)cc1)NC1CCS(=O)(=O)C1. The molecule has 20 heavy (non-hydrogen) atoms. The molecular weight excluding hydrogens is 300 g/mol. The second-order valence-corrected chi connectivity index (χ2v) is 7.54. The number of hydrogen-bond acceptors (Lipinski definition) is 3. The van der Waals surface area contributed by atoms with Crippen molar-refractivity contribution < 1.29 is 13.2 Å². The summed E-state index contributed by atoms with van der Waals surface area (Å²) >= 11 is 5.79. The second kappa shape index (κ2) is 6.45. The fourth-order valence-corrected chi connectivity index (χ4v) is 3.92. The molecule has 0 aromatic heterocycles. The highest BCUT2D eigenvalue weighted by Crippen LogP contribution is 2.11. The Balaban J connectivity index is 1.69. The lowest BCUT2D eigenvalue weighted by Crippen LogP contribution is -2.43. The number of halogens is 1.